The third-order valence-electron chi connectivity index (χ3n) is 6.16. The highest BCUT2D eigenvalue weighted by molar-refractivity contribution is 7.92. The van der Waals surface area contributed by atoms with Crippen molar-refractivity contribution in [3.63, 3.8) is 0 Å². The molecule has 162 valence electrons. The Morgan fingerprint density at radius 2 is 1.67 bits per heavy atom. The van der Waals surface area contributed by atoms with Gasteiger partial charge in [-0.3, -0.25) is 4.79 Å². The number of benzene rings is 2. The lowest BCUT2D eigenvalue weighted by Gasteiger charge is -2.38. The Hall–Kier alpha value is -2.34. The van der Waals surface area contributed by atoms with Crippen molar-refractivity contribution in [1.29, 1.82) is 0 Å². The summed E-state index contributed by atoms with van der Waals surface area (Å²) in [6.45, 7) is 3.74. The third-order valence-corrected chi connectivity index (χ3v) is 8.37. The lowest BCUT2D eigenvalue weighted by Crippen LogP contribution is -2.42. The van der Waals surface area contributed by atoms with Crippen LogP contribution < -0.4 is 10.1 Å². The summed E-state index contributed by atoms with van der Waals surface area (Å²) in [7, 11) is -1.90. The van der Waals surface area contributed by atoms with E-state index in [1.165, 1.54) is 18.1 Å². The Kier molecular flexibility index (Phi) is 6.86. The maximum absolute atomic E-state index is 13.1. The van der Waals surface area contributed by atoms with E-state index in [1.807, 2.05) is 12.1 Å². The molecule has 0 atom stereocenters. The molecule has 30 heavy (non-hydrogen) atoms. The number of amides is 1. The quantitative estimate of drug-likeness (QED) is 0.703. The molecule has 0 heterocycles. The van der Waals surface area contributed by atoms with Gasteiger partial charge in [0.05, 0.1) is 22.8 Å². The van der Waals surface area contributed by atoms with E-state index in [0.717, 1.165) is 31.4 Å². The number of carbonyl (C=O) groups excluding carboxylic acids is 1. The molecule has 2 aromatic carbocycles. The summed E-state index contributed by atoms with van der Waals surface area (Å²) in [5.74, 6) is 0.467. The Bertz CT molecular complexity index is 975. The molecule has 1 saturated carbocycles. The molecule has 1 amide bonds. The van der Waals surface area contributed by atoms with Gasteiger partial charge in [-0.05, 0) is 56.5 Å². The number of hydrogen-bond donors (Lipinski definition) is 1. The van der Waals surface area contributed by atoms with E-state index < -0.39 is 15.1 Å². The van der Waals surface area contributed by atoms with Gasteiger partial charge in [0.15, 0.2) is 9.84 Å². The van der Waals surface area contributed by atoms with Crippen molar-refractivity contribution in [2.24, 2.45) is 0 Å². The largest absolute Gasteiger partial charge is 0.497 e. The third kappa shape index (κ3) is 4.53. The number of methoxy groups -OCH3 is 1. The molecule has 0 aromatic heterocycles. The van der Waals surface area contributed by atoms with Gasteiger partial charge >= 0.3 is 0 Å². The Morgan fingerprint density at radius 3 is 2.27 bits per heavy atom. The van der Waals surface area contributed by atoms with Crippen LogP contribution in [0.15, 0.2) is 53.4 Å². The van der Waals surface area contributed by atoms with E-state index in [9.17, 15) is 13.2 Å². The van der Waals surface area contributed by atoms with Crippen LogP contribution in [0.2, 0.25) is 0 Å². The predicted molar refractivity (Wildman–Crippen MR) is 119 cm³/mol. The molecule has 1 aliphatic carbocycles. The summed E-state index contributed by atoms with van der Waals surface area (Å²) in [6, 6.07) is 14.5. The van der Waals surface area contributed by atoms with Crippen LogP contribution in [0.3, 0.4) is 0 Å². The smallest absolute Gasteiger partial charge is 0.252 e. The zero-order valence-electron chi connectivity index (χ0n) is 18.0. The summed E-state index contributed by atoms with van der Waals surface area (Å²) in [5.41, 5.74) is 1.25. The number of nitrogens with one attached hydrogen (secondary N) is 1. The molecule has 0 spiro atoms. The summed E-state index contributed by atoms with van der Waals surface area (Å²) >= 11 is 0. The minimum Gasteiger partial charge on any atom is -0.497 e. The van der Waals surface area contributed by atoms with Crippen LogP contribution in [0, 0.1) is 0 Å². The average Bonchev–Trinajstić information content (AvgIpc) is 2.78. The minimum absolute atomic E-state index is 0.0969. The molecule has 1 aliphatic rings. The Labute approximate surface area is 179 Å². The van der Waals surface area contributed by atoms with Gasteiger partial charge in [0.2, 0.25) is 0 Å². The molecule has 0 unspecified atom stereocenters. The zero-order chi connectivity index (χ0) is 21.8. The standard InChI is InChI=1S/C24H31NO4S/c1-18(2)30(27,28)22-10-6-5-9-21(22)23(26)25-17-24(15-7-4-8-16-24)19-11-13-20(29-3)14-12-19/h5-6,9-14,18H,4,7-8,15-17H2,1-3H3,(H,25,26). The maximum Gasteiger partial charge on any atom is 0.252 e. The average molecular weight is 430 g/mol. The molecule has 0 bridgehead atoms. The van der Waals surface area contributed by atoms with Crippen molar-refractivity contribution in [3.05, 3.63) is 59.7 Å². The van der Waals surface area contributed by atoms with E-state index in [-0.39, 0.29) is 21.8 Å². The van der Waals surface area contributed by atoms with E-state index in [2.05, 4.69) is 17.4 Å². The molecular formula is C24H31NO4S. The summed E-state index contributed by atoms with van der Waals surface area (Å²) in [4.78, 5) is 13.2. The highest BCUT2D eigenvalue weighted by Gasteiger charge is 2.35. The molecular weight excluding hydrogens is 398 g/mol. The molecule has 6 heteroatoms. The first-order chi connectivity index (χ1) is 14.3. The summed E-state index contributed by atoms with van der Waals surface area (Å²) in [6.07, 6.45) is 5.40. The van der Waals surface area contributed by atoms with E-state index in [0.29, 0.717) is 6.54 Å². The van der Waals surface area contributed by atoms with E-state index >= 15 is 0 Å². The van der Waals surface area contributed by atoms with E-state index in [4.69, 9.17) is 4.74 Å². The molecule has 1 fully saturated rings. The lowest BCUT2D eigenvalue weighted by molar-refractivity contribution is 0.0933. The van der Waals surface area contributed by atoms with Gasteiger partial charge in [0, 0.05) is 12.0 Å². The second-order valence-electron chi connectivity index (χ2n) is 8.34. The van der Waals surface area contributed by atoms with Crippen LogP contribution in [0.5, 0.6) is 5.75 Å². The molecule has 0 saturated heterocycles. The molecule has 0 aliphatic heterocycles. The number of carbonyl (C=O) groups is 1. The monoisotopic (exact) mass is 429 g/mol. The van der Waals surface area contributed by atoms with Crippen molar-refractivity contribution in [2.45, 2.75) is 61.5 Å². The van der Waals surface area contributed by atoms with Crippen LogP contribution in [0.25, 0.3) is 0 Å². The number of sulfone groups is 1. The molecule has 0 radical (unpaired) electrons. The Morgan fingerprint density at radius 1 is 1.03 bits per heavy atom. The van der Waals surface area contributed by atoms with Gasteiger partial charge in [0.25, 0.3) is 5.91 Å². The van der Waals surface area contributed by atoms with Crippen molar-refractivity contribution in [1.82, 2.24) is 5.32 Å². The first-order valence-corrected chi connectivity index (χ1v) is 12.1. The fourth-order valence-corrected chi connectivity index (χ4v) is 5.48. The van der Waals surface area contributed by atoms with Gasteiger partial charge in [-0.2, -0.15) is 0 Å². The van der Waals surface area contributed by atoms with Crippen molar-refractivity contribution in [3.8, 4) is 5.75 Å². The molecule has 1 N–H and O–H groups in total. The zero-order valence-corrected chi connectivity index (χ0v) is 18.8. The van der Waals surface area contributed by atoms with Crippen LogP contribution in [0.1, 0.15) is 61.9 Å². The van der Waals surface area contributed by atoms with Crippen LogP contribution in [-0.4, -0.2) is 33.2 Å². The van der Waals surface area contributed by atoms with Gasteiger partial charge in [0.1, 0.15) is 5.75 Å². The van der Waals surface area contributed by atoms with Crippen molar-refractivity contribution < 1.29 is 17.9 Å². The second kappa shape index (κ2) is 9.21. The Balaban J connectivity index is 1.86. The number of ether oxygens (including phenoxy) is 1. The second-order valence-corrected chi connectivity index (χ2v) is 10.8. The fraction of sp³-hybridized carbons (Fsp3) is 0.458. The molecule has 5 nitrogen and oxygen atoms in total. The summed E-state index contributed by atoms with van der Waals surface area (Å²) in [5, 5.41) is 2.47. The minimum atomic E-state index is -3.55. The summed E-state index contributed by atoms with van der Waals surface area (Å²) < 4.78 is 30.7. The highest BCUT2D eigenvalue weighted by Crippen LogP contribution is 2.39. The fourth-order valence-electron chi connectivity index (χ4n) is 4.24. The van der Waals surface area contributed by atoms with E-state index in [1.54, 1.807) is 39.2 Å². The SMILES string of the molecule is COc1ccc(C2(CNC(=O)c3ccccc3S(=O)(=O)C(C)C)CCCCC2)cc1. The van der Waals surface area contributed by atoms with Crippen LogP contribution in [0.4, 0.5) is 0 Å². The number of hydrogen-bond acceptors (Lipinski definition) is 4. The molecule has 2 aromatic rings. The van der Waals surface area contributed by atoms with Crippen molar-refractivity contribution in [2.75, 3.05) is 13.7 Å². The highest BCUT2D eigenvalue weighted by atomic mass is 32.2. The van der Waals surface area contributed by atoms with Crippen LogP contribution in [-0.2, 0) is 15.3 Å². The topological polar surface area (TPSA) is 72.5 Å². The normalized spacial score (nSPS) is 16.3. The van der Waals surface area contributed by atoms with Crippen LogP contribution >= 0.6 is 0 Å². The maximum atomic E-state index is 13.1. The predicted octanol–water partition coefficient (Wildman–Crippen LogP) is 4.51. The van der Waals surface area contributed by atoms with Gasteiger partial charge in [-0.15, -0.1) is 0 Å². The first-order valence-electron chi connectivity index (χ1n) is 10.6. The van der Waals surface area contributed by atoms with Gasteiger partial charge in [-0.1, -0.05) is 43.5 Å². The molecule has 3 rings (SSSR count). The first kappa shape index (κ1) is 22.3. The van der Waals surface area contributed by atoms with Crippen molar-refractivity contribution >= 4 is 15.7 Å². The van der Waals surface area contributed by atoms with Gasteiger partial charge < -0.3 is 10.1 Å². The van der Waals surface area contributed by atoms with Gasteiger partial charge in [-0.25, -0.2) is 8.42 Å². The number of rotatable bonds is 7. The lowest BCUT2D eigenvalue weighted by atomic mass is 9.69.